The third-order valence-corrected chi connectivity index (χ3v) is 4.61. The smallest absolute Gasteiger partial charge is 0.240 e. The number of aryl methyl sites for hydroxylation is 1. The van der Waals surface area contributed by atoms with E-state index in [1.54, 1.807) is 12.1 Å². The summed E-state index contributed by atoms with van der Waals surface area (Å²) in [6, 6.07) is 5.47. The molecule has 0 spiro atoms. The van der Waals surface area contributed by atoms with E-state index in [0.29, 0.717) is 4.90 Å². The summed E-state index contributed by atoms with van der Waals surface area (Å²) < 4.78 is 26.8. The third-order valence-electron chi connectivity index (χ3n) is 3.09. The van der Waals surface area contributed by atoms with E-state index in [0.717, 1.165) is 37.1 Å². The van der Waals surface area contributed by atoms with Gasteiger partial charge in [0.25, 0.3) is 0 Å². The monoisotopic (exact) mass is 268 g/mol. The molecular formula is C13H20N2O2S. The highest BCUT2D eigenvalue weighted by Crippen LogP contribution is 2.23. The molecular weight excluding hydrogens is 248 g/mol. The lowest BCUT2D eigenvalue weighted by Crippen LogP contribution is -2.25. The number of benzene rings is 1. The average molecular weight is 268 g/mol. The minimum Gasteiger partial charge on any atom is -0.313 e. The molecule has 0 heterocycles. The molecule has 18 heavy (non-hydrogen) atoms. The molecule has 100 valence electrons. The first-order chi connectivity index (χ1) is 8.53. The highest BCUT2D eigenvalue weighted by atomic mass is 32.2. The van der Waals surface area contributed by atoms with Crippen LogP contribution in [0.1, 0.15) is 30.9 Å². The topological polar surface area (TPSA) is 58.2 Å². The summed E-state index contributed by atoms with van der Waals surface area (Å²) >= 11 is 0. The number of hydrogen-bond donors (Lipinski definition) is 2. The normalized spacial score (nSPS) is 15.9. The van der Waals surface area contributed by atoms with Gasteiger partial charge in [-0.1, -0.05) is 13.0 Å². The first-order valence-corrected chi connectivity index (χ1v) is 7.84. The van der Waals surface area contributed by atoms with Crippen molar-refractivity contribution in [1.29, 1.82) is 0 Å². The Morgan fingerprint density at radius 2 is 2.06 bits per heavy atom. The molecule has 0 bridgehead atoms. The van der Waals surface area contributed by atoms with E-state index in [1.165, 1.54) is 0 Å². The van der Waals surface area contributed by atoms with E-state index >= 15 is 0 Å². The van der Waals surface area contributed by atoms with Crippen LogP contribution in [0.15, 0.2) is 23.1 Å². The summed E-state index contributed by atoms with van der Waals surface area (Å²) in [5.74, 6) is 0. The van der Waals surface area contributed by atoms with Crippen LogP contribution in [0.5, 0.6) is 0 Å². The lowest BCUT2D eigenvalue weighted by atomic mass is 10.1. The van der Waals surface area contributed by atoms with Gasteiger partial charge in [0.1, 0.15) is 0 Å². The second kappa shape index (κ2) is 5.38. The second-order valence-electron chi connectivity index (χ2n) is 4.76. The van der Waals surface area contributed by atoms with Gasteiger partial charge in [-0.25, -0.2) is 13.1 Å². The number of hydrogen-bond acceptors (Lipinski definition) is 3. The largest absolute Gasteiger partial charge is 0.313 e. The van der Waals surface area contributed by atoms with E-state index in [-0.39, 0.29) is 6.04 Å². The predicted octanol–water partition coefficient (Wildman–Crippen LogP) is 1.55. The maximum Gasteiger partial charge on any atom is 0.240 e. The van der Waals surface area contributed by atoms with Crippen LogP contribution in [0.4, 0.5) is 0 Å². The zero-order valence-electron chi connectivity index (χ0n) is 10.9. The van der Waals surface area contributed by atoms with Crippen molar-refractivity contribution in [2.24, 2.45) is 0 Å². The lowest BCUT2D eigenvalue weighted by molar-refractivity contribution is 0.581. The fraction of sp³-hybridized carbons (Fsp3) is 0.538. The van der Waals surface area contributed by atoms with Crippen molar-refractivity contribution in [2.75, 3.05) is 6.54 Å². The molecule has 0 amide bonds. The Balaban J connectivity index is 2.16. The SMILES string of the molecule is CCNCc1ccc(S(=O)(=O)NC2CC2)cc1C. The molecule has 1 aromatic rings. The Kier molecular flexibility index (Phi) is 4.04. The van der Waals surface area contributed by atoms with Crippen LogP contribution < -0.4 is 10.0 Å². The van der Waals surface area contributed by atoms with Gasteiger partial charge in [-0.3, -0.25) is 0 Å². The first-order valence-electron chi connectivity index (χ1n) is 6.35. The van der Waals surface area contributed by atoms with Crippen molar-refractivity contribution in [2.45, 2.75) is 44.2 Å². The molecule has 0 atom stereocenters. The van der Waals surface area contributed by atoms with Crippen LogP contribution in [0, 0.1) is 6.92 Å². The van der Waals surface area contributed by atoms with E-state index in [2.05, 4.69) is 10.0 Å². The molecule has 2 rings (SSSR count). The zero-order valence-corrected chi connectivity index (χ0v) is 11.7. The highest BCUT2D eigenvalue weighted by molar-refractivity contribution is 7.89. The molecule has 2 N–H and O–H groups in total. The van der Waals surface area contributed by atoms with Crippen molar-refractivity contribution in [3.63, 3.8) is 0 Å². The summed E-state index contributed by atoms with van der Waals surface area (Å²) in [4.78, 5) is 0.368. The Morgan fingerprint density at radius 3 is 2.61 bits per heavy atom. The molecule has 1 aliphatic carbocycles. The summed E-state index contributed by atoms with van der Waals surface area (Å²) in [6.07, 6.45) is 1.91. The molecule has 0 saturated heterocycles. The molecule has 1 fully saturated rings. The van der Waals surface area contributed by atoms with Crippen molar-refractivity contribution >= 4 is 10.0 Å². The van der Waals surface area contributed by atoms with Crippen LogP contribution >= 0.6 is 0 Å². The van der Waals surface area contributed by atoms with Gasteiger partial charge in [-0.2, -0.15) is 0 Å². The van der Waals surface area contributed by atoms with Crippen LogP contribution in [-0.2, 0) is 16.6 Å². The summed E-state index contributed by atoms with van der Waals surface area (Å²) in [7, 11) is -3.33. The van der Waals surface area contributed by atoms with Gasteiger partial charge in [-0.05, 0) is 49.6 Å². The minimum atomic E-state index is -3.33. The number of sulfonamides is 1. The molecule has 0 aliphatic heterocycles. The van der Waals surface area contributed by atoms with E-state index in [1.807, 2.05) is 19.9 Å². The van der Waals surface area contributed by atoms with Crippen LogP contribution in [0.2, 0.25) is 0 Å². The molecule has 1 aliphatic rings. The molecule has 1 aromatic carbocycles. The van der Waals surface area contributed by atoms with Crippen molar-refractivity contribution in [1.82, 2.24) is 10.0 Å². The van der Waals surface area contributed by atoms with Gasteiger partial charge >= 0.3 is 0 Å². The Bertz CT molecular complexity index is 522. The van der Waals surface area contributed by atoms with Crippen molar-refractivity contribution in [3.8, 4) is 0 Å². The molecule has 0 aromatic heterocycles. The van der Waals surface area contributed by atoms with Gasteiger partial charge < -0.3 is 5.32 Å². The Hall–Kier alpha value is -0.910. The van der Waals surface area contributed by atoms with Crippen molar-refractivity contribution < 1.29 is 8.42 Å². The molecule has 0 radical (unpaired) electrons. The Labute approximate surface area is 109 Å². The van der Waals surface area contributed by atoms with Crippen molar-refractivity contribution in [3.05, 3.63) is 29.3 Å². The van der Waals surface area contributed by atoms with Gasteiger partial charge in [0.15, 0.2) is 0 Å². The van der Waals surface area contributed by atoms with E-state index in [4.69, 9.17) is 0 Å². The van der Waals surface area contributed by atoms with E-state index < -0.39 is 10.0 Å². The maximum absolute atomic E-state index is 12.0. The van der Waals surface area contributed by atoms with Crippen LogP contribution in [0.3, 0.4) is 0 Å². The quantitative estimate of drug-likeness (QED) is 0.823. The zero-order chi connectivity index (χ0) is 13.2. The fourth-order valence-electron chi connectivity index (χ4n) is 1.78. The summed E-state index contributed by atoms with van der Waals surface area (Å²) in [5, 5.41) is 3.24. The minimum absolute atomic E-state index is 0.150. The van der Waals surface area contributed by atoms with Gasteiger partial charge in [0.2, 0.25) is 10.0 Å². The second-order valence-corrected chi connectivity index (χ2v) is 6.48. The third kappa shape index (κ3) is 3.31. The Morgan fingerprint density at radius 1 is 1.33 bits per heavy atom. The van der Waals surface area contributed by atoms with Gasteiger partial charge in [-0.15, -0.1) is 0 Å². The number of nitrogens with one attached hydrogen (secondary N) is 2. The molecule has 0 unspecified atom stereocenters. The van der Waals surface area contributed by atoms with Gasteiger partial charge in [0.05, 0.1) is 4.90 Å². The first kappa shape index (κ1) is 13.5. The maximum atomic E-state index is 12.0. The summed E-state index contributed by atoms with van der Waals surface area (Å²) in [6.45, 7) is 5.68. The molecule has 5 heteroatoms. The average Bonchev–Trinajstić information content (AvgIpc) is 3.10. The van der Waals surface area contributed by atoms with E-state index in [9.17, 15) is 8.42 Å². The van der Waals surface area contributed by atoms with Crippen LogP contribution in [-0.4, -0.2) is 21.0 Å². The van der Waals surface area contributed by atoms with Gasteiger partial charge in [0, 0.05) is 12.6 Å². The summed E-state index contributed by atoms with van der Waals surface area (Å²) in [5.41, 5.74) is 2.15. The standard InChI is InChI=1S/C13H20N2O2S/c1-3-14-9-11-4-7-13(8-10(11)2)18(16,17)15-12-5-6-12/h4,7-8,12,14-15H,3,5-6,9H2,1-2H3. The fourth-order valence-corrected chi connectivity index (χ4v) is 3.17. The predicted molar refractivity (Wildman–Crippen MR) is 71.9 cm³/mol. The van der Waals surface area contributed by atoms with Crippen LogP contribution in [0.25, 0.3) is 0 Å². The lowest BCUT2D eigenvalue weighted by Gasteiger charge is -2.10. The highest BCUT2D eigenvalue weighted by Gasteiger charge is 2.28. The number of rotatable bonds is 6. The molecule has 1 saturated carbocycles. The molecule has 4 nitrogen and oxygen atoms in total.